The Morgan fingerprint density at radius 3 is 3.07 bits per heavy atom. The van der Waals surface area contributed by atoms with Gasteiger partial charge in [-0.25, -0.2) is 9.50 Å². The molecule has 0 saturated carbocycles. The second-order valence-electron chi connectivity index (χ2n) is 6.68. The van der Waals surface area contributed by atoms with Gasteiger partial charge in [-0.15, -0.1) is 10.2 Å². The first kappa shape index (κ1) is 16.6. The van der Waals surface area contributed by atoms with E-state index in [9.17, 15) is 9.90 Å². The number of amides is 1. The van der Waals surface area contributed by atoms with Crippen molar-refractivity contribution in [2.45, 2.75) is 25.5 Å². The minimum absolute atomic E-state index is 0.00472. The van der Waals surface area contributed by atoms with Gasteiger partial charge in [0.05, 0.1) is 23.2 Å². The van der Waals surface area contributed by atoms with Gasteiger partial charge in [-0.1, -0.05) is 6.07 Å². The van der Waals surface area contributed by atoms with Crippen LogP contribution in [0.25, 0.3) is 5.52 Å². The van der Waals surface area contributed by atoms with Crippen LogP contribution in [0, 0.1) is 0 Å². The standard InChI is InChI=1S/C18H17N7O3/c1-10(26)16-21-22-17(28-16)18(27)24-7-5-12-14(20-9-19-12)15(24)13-8-11-4-2-3-6-25(11)23-13/h2-4,6,8-10,15,26H,5,7H2,1H3,(H,19,20). The number of aliphatic hydroxyl groups excluding tert-OH is 1. The Morgan fingerprint density at radius 2 is 2.29 bits per heavy atom. The third-order valence-electron chi connectivity index (χ3n) is 4.84. The largest absolute Gasteiger partial charge is 0.414 e. The number of nitrogens with zero attached hydrogens (tertiary/aromatic N) is 6. The van der Waals surface area contributed by atoms with Crippen LogP contribution in [0.3, 0.4) is 0 Å². The lowest BCUT2D eigenvalue weighted by molar-refractivity contribution is 0.0637. The molecule has 4 aromatic heterocycles. The Morgan fingerprint density at radius 1 is 1.39 bits per heavy atom. The van der Waals surface area contributed by atoms with Crippen LogP contribution in [0.2, 0.25) is 0 Å². The summed E-state index contributed by atoms with van der Waals surface area (Å²) < 4.78 is 7.12. The number of aromatic amines is 1. The summed E-state index contributed by atoms with van der Waals surface area (Å²) in [7, 11) is 0. The zero-order valence-electron chi connectivity index (χ0n) is 15.0. The maximum atomic E-state index is 13.1. The van der Waals surface area contributed by atoms with Crippen LogP contribution in [-0.4, -0.2) is 52.2 Å². The van der Waals surface area contributed by atoms with E-state index in [1.54, 1.807) is 15.7 Å². The van der Waals surface area contributed by atoms with Crippen molar-refractivity contribution in [3.05, 3.63) is 65.7 Å². The second-order valence-corrected chi connectivity index (χ2v) is 6.68. The number of carbonyl (C=O) groups is 1. The number of fused-ring (bicyclic) bond motifs is 2. The topological polar surface area (TPSA) is 125 Å². The number of rotatable bonds is 3. The molecule has 2 atom stereocenters. The molecule has 10 heteroatoms. The van der Waals surface area contributed by atoms with Gasteiger partial charge in [-0.2, -0.15) is 5.10 Å². The molecule has 0 fully saturated rings. The van der Waals surface area contributed by atoms with Gasteiger partial charge >= 0.3 is 11.8 Å². The molecule has 142 valence electrons. The number of H-pyrrole nitrogens is 1. The molecule has 0 bridgehead atoms. The van der Waals surface area contributed by atoms with Crippen LogP contribution in [0.15, 0.2) is 41.2 Å². The lowest BCUT2D eigenvalue weighted by Crippen LogP contribution is -2.41. The summed E-state index contributed by atoms with van der Waals surface area (Å²) in [4.78, 5) is 22.4. The summed E-state index contributed by atoms with van der Waals surface area (Å²) in [6, 6.07) is 7.22. The van der Waals surface area contributed by atoms with Crippen molar-refractivity contribution in [2.75, 3.05) is 6.54 Å². The zero-order valence-corrected chi connectivity index (χ0v) is 15.0. The van der Waals surface area contributed by atoms with Crippen LogP contribution >= 0.6 is 0 Å². The molecule has 10 nitrogen and oxygen atoms in total. The van der Waals surface area contributed by atoms with E-state index in [1.165, 1.54) is 6.92 Å². The van der Waals surface area contributed by atoms with Gasteiger partial charge in [0.25, 0.3) is 0 Å². The highest BCUT2D eigenvalue weighted by Gasteiger charge is 2.38. The summed E-state index contributed by atoms with van der Waals surface area (Å²) in [6.07, 6.45) is 3.16. The summed E-state index contributed by atoms with van der Waals surface area (Å²) in [5.74, 6) is -0.580. The fourth-order valence-electron chi connectivity index (χ4n) is 3.50. The lowest BCUT2D eigenvalue weighted by Gasteiger charge is -2.32. The fraction of sp³-hybridized carbons (Fsp3) is 0.278. The Balaban J connectivity index is 1.58. The highest BCUT2D eigenvalue weighted by atomic mass is 16.4. The van der Waals surface area contributed by atoms with E-state index in [0.29, 0.717) is 18.7 Å². The molecule has 1 aliphatic rings. The Kier molecular flexibility index (Phi) is 3.72. The molecular formula is C18H17N7O3. The molecule has 0 aromatic carbocycles. The molecule has 0 saturated heterocycles. The van der Waals surface area contributed by atoms with Crippen LogP contribution in [0.4, 0.5) is 0 Å². The quantitative estimate of drug-likeness (QED) is 0.549. The predicted molar refractivity (Wildman–Crippen MR) is 95.3 cm³/mol. The average molecular weight is 379 g/mol. The molecule has 1 amide bonds. The third kappa shape index (κ3) is 2.57. The van der Waals surface area contributed by atoms with E-state index >= 15 is 0 Å². The van der Waals surface area contributed by atoms with Gasteiger partial charge in [0, 0.05) is 24.9 Å². The number of carbonyl (C=O) groups excluding carboxylic acids is 1. The van der Waals surface area contributed by atoms with Crippen molar-refractivity contribution < 1.29 is 14.3 Å². The van der Waals surface area contributed by atoms with Gasteiger partial charge in [0.1, 0.15) is 12.1 Å². The molecule has 0 aliphatic carbocycles. The first-order valence-corrected chi connectivity index (χ1v) is 8.90. The zero-order chi connectivity index (χ0) is 19.3. The minimum atomic E-state index is -0.942. The van der Waals surface area contributed by atoms with Crippen molar-refractivity contribution >= 4 is 11.4 Å². The summed E-state index contributed by atoms with van der Waals surface area (Å²) in [5, 5.41) is 21.8. The normalized spacial score (nSPS) is 17.6. The smallest absolute Gasteiger partial charge is 0.312 e. The molecule has 0 radical (unpaired) electrons. The number of imidazole rings is 1. The van der Waals surface area contributed by atoms with Crippen LogP contribution in [0.1, 0.15) is 52.7 Å². The molecule has 2 unspecified atom stereocenters. The fourth-order valence-corrected chi connectivity index (χ4v) is 3.50. The first-order chi connectivity index (χ1) is 13.6. The third-order valence-corrected chi connectivity index (χ3v) is 4.84. The van der Waals surface area contributed by atoms with Gasteiger partial charge < -0.3 is 19.4 Å². The SMILES string of the molecule is CC(O)c1nnc(C(=O)N2CCc3[nH]cnc3C2c2cc3ccccn3n2)o1. The summed E-state index contributed by atoms with van der Waals surface area (Å²) >= 11 is 0. The van der Waals surface area contributed by atoms with Crippen molar-refractivity contribution in [1.29, 1.82) is 0 Å². The molecular weight excluding hydrogens is 362 g/mol. The van der Waals surface area contributed by atoms with Gasteiger partial charge in [-0.05, 0) is 25.1 Å². The number of hydrogen-bond acceptors (Lipinski definition) is 7. The van der Waals surface area contributed by atoms with Gasteiger partial charge in [0.2, 0.25) is 5.89 Å². The maximum Gasteiger partial charge on any atom is 0.312 e. The van der Waals surface area contributed by atoms with Crippen LogP contribution < -0.4 is 0 Å². The number of aliphatic hydroxyl groups is 1. The molecule has 4 aromatic rings. The Bertz CT molecular complexity index is 1130. The van der Waals surface area contributed by atoms with Gasteiger partial charge in [-0.3, -0.25) is 4.79 Å². The summed E-state index contributed by atoms with van der Waals surface area (Å²) in [5.41, 5.74) is 3.34. The number of pyridine rings is 1. The van der Waals surface area contributed by atoms with Gasteiger partial charge in [0.15, 0.2) is 0 Å². The van der Waals surface area contributed by atoms with Crippen LogP contribution in [-0.2, 0) is 6.42 Å². The Labute approximate surface area is 158 Å². The van der Waals surface area contributed by atoms with E-state index in [2.05, 4.69) is 25.3 Å². The van der Waals surface area contributed by atoms with Crippen molar-refractivity contribution in [3.63, 3.8) is 0 Å². The first-order valence-electron chi connectivity index (χ1n) is 8.90. The summed E-state index contributed by atoms with van der Waals surface area (Å²) in [6.45, 7) is 1.94. The second kappa shape index (κ2) is 6.27. The molecule has 1 aliphatic heterocycles. The van der Waals surface area contributed by atoms with E-state index in [1.807, 2.05) is 30.5 Å². The average Bonchev–Trinajstić information content (AvgIpc) is 3.44. The lowest BCUT2D eigenvalue weighted by atomic mass is 9.99. The number of nitrogens with one attached hydrogen (secondary N) is 1. The highest BCUT2D eigenvalue weighted by Crippen LogP contribution is 2.34. The molecule has 0 spiro atoms. The number of hydrogen-bond donors (Lipinski definition) is 2. The van der Waals surface area contributed by atoms with E-state index in [0.717, 1.165) is 16.9 Å². The van der Waals surface area contributed by atoms with Crippen molar-refractivity contribution in [3.8, 4) is 0 Å². The monoisotopic (exact) mass is 379 g/mol. The van der Waals surface area contributed by atoms with Crippen molar-refractivity contribution in [1.82, 2.24) is 34.7 Å². The Hall–Kier alpha value is -3.53. The minimum Gasteiger partial charge on any atom is -0.414 e. The number of aromatic nitrogens is 6. The highest BCUT2D eigenvalue weighted by molar-refractivity contribution is 5.90. The van der Waals surface area contributed by atoms with E-state index in [4.69, 9.17) is 4.42 Å². The van der Waals surface area contributed by atoms with Crippen molar-refractivity contribution in [2.24, 2.45) is 0 Å². The van der Waals surface area contributed by atoms with E-state index < -0.39 is 18.1 Å². The maximum absolute atomic E-state index is 13.1. The van der Waals surface area contributed by atoms with E-state index in [-0.39, 0.29) is 11.8 Å². The molecule has 28 heavy (non-hydrogen) atoms. The predicted octanol–water partition coefficient (Wildman–Crippen LogP) is 1.28. The molecule has 5 heterocycles. The molecule has 5 rings (SSSR count). The van der Waals surface area contributed by atoms with Crippen LogP contribution in [0.5, 0.6) is 0 Å². The molecule has 2 N–H and O–H groups in total.